The van der Waals surface area contributed by atoms with E-state index in [1.165, 1.54) is 17.4 Å². The fraction of sp³-hybridized carbons (Fsp3) is 0.368. The molecule has 148 valence electrons. The molecule has 28 heavy (non-hydrogen) atoms. The van der Waals surface area contributed by atoms with Crippen LogP contribution in [0.4, 0.5) is 16.4 Å². The molecule has 1 fully saturated rings. The lowest BCUT2D eigenvalue weighted by Gasteiger charge is -2.28. The van der Waals surface area contributed by atoms with E-state index in [0.29, 0.717) is 10.7 Å². The topological polar surface area (TPSA) is 102 Å². The lowest BCUT2D eigenvalue weighted by molar-refractivity contribution is -0.384. The molecule has 1 aliphatic rings. The molecule has 1 aromatic heterocycles. The van der Waals surface area contributed by atoms with Gasteiger partial charge in [0.2, 0.25) is 0 Å². The number of thiophene rings is 1. The van der Waals surface area contributed by atoms with E-state index in [-0.39, 0.29) is 23.4 Å². The standard InChI is InChI=1S/C19H21N3O5S/c1-2-27-19(24)14-8-11-28-18(14)20-17(23)13-6-7-15(16(12-13)22(25)26)21-9-4-3-5-10-21/h6-8,11-12H,2-5,9-10H2,1H3,(H,20,23). The largest absolute Gasteiger partial charge is 0.462 e. The number of hydrogen-bond donors (Lipinski definition) is 1. The van der Waals surface area contributed by atoms with Crippen molar-refractivity contribution in [1.29, 1.82) is 0 Å². The summed E-state index contributed by atoms with van der Waals surface area (Å²) in [6.45, 7) is 3.47. The van der Waals surface area contributed by atoms with Crippen molar-refractivity contribution in [3.8, 4) is 0 Å². The zero-order chi connectivity index (χ0) is 20.1. The normalized spacial score (nSPS) is 13.8. The highest BCUT2D eigenvalue weighted by Crippen LogP contribution is 2.32. The summed E-state index contributed by atoms with van der Waals surface area (Å²) < 4.78 is 4.97. The van der Waals surface area contributed by atoms with E-state index in [4.69, 9.17) is 4.74 Å². The van der Waals surface area contributed by atoms with Crippen LogP contribution >= 0.6 is 11.3 Å². The number of nitrogens with one attached hydrogen (secondary N) is 1. The summed E-state index contributed by atoms with van der Waals surface area (Å²) in [5.74, 6) is -1.04. The van der Waals surface area contributed by atoms with E-state index < -0.39 is 16.8 Å². The number of ether oxygens (including phenoxy) is 1. The van der Waals surface area contributed by atoms with Gasteiger partial charge >= 0.3 is 5.97 Å². The molecule has 2 aromatic rings. The minimum atomic E-state index is -0.523. The number of carbonyl (C=O) groups excluding carboxylic acids is 2. The van der Waals surface area contributed by atoms with Crippen molar-refractivity contribution in [2.75, 3.05) is 29.9 Å². The average Bonchev–Trinajstić information content (AvgIpc) is 3.16. The van der Waals surface area contributed by atoms with Gasteiger partial charge in [0.1, 0.15) is 10.7 Å². The Balaban J connectivity index is 1.83. The first-order valence-electron chi connectivity index (χ1n) is 9.10. The van der Waals surface area contributed by atoms with Crippen LogP contribution in [0.2, 0.25) is 0 Å². The molecule has 0 radical (unpaired) electrons. The van der Waals surface area contributed by atoms with Crippen LogP contribution in [0.3, 0.4) is 0 Å². The molecule has 9 heteroatoms. The first kappa shape index (κ1) is 19.8. The Labute approximate surface area is 166 Å². The molecular formula is C19H21N3O5S. The molecular weight excluding hydrogens is 382 g/mol. The van der Waals surface area contributed by atoms with Crippen molar-refractivity contribution in [3.63, 3.8) is 0 Å². The van der Waals surface area contributed by atoms with Crippen LogP contribution in [-0.2, 0) is 4.74 Å². The Bertz CT molecular complexity index is 889. The fourth-order valence-corrected chi connectivity index (χ4v) is 3.93. The van der Waals surface area contributed by atoms with Crippen molar-refractivity contribution >= 4 is 39.6 Å². The van der Waals surface area contributed by atoms with Crippen LogP contribution in [-0.4, -0.2) is 36.5 Å². The Hall–Kier alpha value is -2.94. The number of hydrogen-bond acceptors (Lipinski definition) is 7. The Kier molecular flexibility index (Phi) is 6.25. The third kappa shape index (κ3) is 4.30. The number of piperidine rings is 1. The van der Waals surface area contributed by atoms with Crippen LogP contribution in [0.25, 0.3) is 0 Å². The van der Waals surface area contributed by atoms with Gasteiger partial charge < -0.3 is 15.0 Å². The van der Waals surface area contributed by atoms with Crippen molar-refractivity contribution in [2.24, 2.45) is 0 Å². The van der Waals surface area contributed by atoms with E-state index in [1.54, 1.807) is 30.5 Å². The summed E-state index contributed by atoms with van der Waals surface area (Å²) in [5.41, 5.74) is 0.867. The fourth-order valence-electron chi connectivity index (χ4n) is 3.16. The van der Waals surface area contributed by atoms with E-state index in [2.05, 4.69) is 5.32 Å². The van der Waals surface area contributed by atoms with Gasteiger partial charge in [-0.25, -0.2) is 4.79 Å². The molecule has 0 aliphatic carbocycles. The van der Waals surface area contributed by atoms with Crippen molar-refractivity contribution in [2.45, 2.75) is 26.2 Å². The first-order chi connectivity index (χ1) is 13.5. The molecule has 0 unspecified atom stereocenters. The Morgan fingerprint density at radius 3 is 2.68 bits per heavy atom. The lowest BCUT2D eigenvalue weighted by atomic mass is 10.1. The molecule has 3 rings (SSSR count). The van der Waals surface area contributed by atoms with E-state index >= 15 is 0 Å². The van der Waals surface area contributed by atoms with Gasteiger partial charge in [-0.2, -0.15) is 0 Å². The van der Waals surface area contributed by atoms with Gasteiger partial charge in [-0.15, -0.1) is 11.3 Å². The van der Waals surface area contributed by atoms with Gasteiger partial charge in [0.05, 0.1) is 17.1 Å². The maximum atomic E-state index is 12.6. The van der Waals surface area contributed by atoms with Crippen LogP contribution in [0, 0.1) is 10.1 Å². The molecule has 0 saturated carbocycles. The highest BCUT2D eigenvalue weighted by molar-refractivity contribution is 7.14. The monoisotopic (exact) mass is 403 g/mol. The second-order valence-electron chi connectivity index (χ2n) is 6.35. The smallest absolute Gasteiger partial charge is 0.341 e. The number of carbonyl (C=O) groups is 2. The molecule has 1 aromatic carbocycles. The summed E-state index contributed by atoms with van der Waals surface area (Å²) in [7, 11) is 0. The van der Waals surface area contributed by atoms with Crippen LogP contribution in [0.1, 0.15) is 46.9 Å². The van der Waals surface area contributed by atoms with Gasteiger partial charge in [-0.3, -0.25) is 14.9 Å². The van der Waals surface area contributed by atoms with Gasteiger partial charge in [-0.05, 0) is 49.8 Å². The zero-order valence-electron chi connectivity index (χ0n) is 15.5. The summed E-state index contributed by atoms with van der Waals surface area (Å²) in [5, 5.41) is 16.2. The molecule has 2 heterocycles. The SMILES string of the molecule is CCOC(=O)c1ccsc1NC(=O)c1ccc(N2CCCCC2)c([N+](=O)[O-])c1. The molecule has 8 nitrogen and oxygen atoms in total. The second kappa shape index (κ2) is 8.83. The van der Waals surface area contributed by atoms with Crippen LogP contribution < -0.4 is 10.2 Å². The number of benzene rings is 1. The minimum absolute atomic E-state index is 0.0913. The highest BCUT2D eigenvalue weighted by atomic mass is 32.1. The molecule has 0 spiro atoms. The third-order valence-electron chi connectivity index (χ3n) is 4.52. The van der Waals surface area contributed by atoms with Crippen LogP contribution in [0.5, 0.6) is 0 Å². The number of rotatable bonds is 6. The van der Waals surface area contributed by atoms with Crippen molar-refractivity contribution in [3.05, 3.63) is 50.9 Å². The van der Waals surface area contributed by atoms with Gasteiger partial charge in [0, 0.05) is 24.7 Å². The molecule has 1 saturated heterocycles. The molecule has 1 aliphatic heterocycles. The maximum Gasteiger partial charge on any atom is 0.341 e. The summed E-state index contributed by atoms with van der Waals surface area (Å²) >= 11 is 1.19. The minimum Gasteiger partial charge on any atom is -0.462 e. The second-order valence-corrected chi connectivity index (χ2v) is 7.26. The predicted molar refractivity (Wildman–Crippen MR) is 107 cm³/mol. The number of nitrogens with zero attached hydrogens (tertiary/aromatic N) is 2. The zero-order valence-corrected chi connectivity index (χ0v) is 16.3. The number of anilines is 2. The predicted octanol–water partition coefficient (Wildman–Crippen LogP) is 4.08. The third-order valence-corrected chi connectivity index (χ3v) is 5.35. The van der Waals surface area contributed by atoms with E-state index in [9.17, 15) is 19.7 Å². The number of esters is 1. The molecule has 0 atom stereocenters. The highest BCUT2D eigenvalue weighted by Gasteiger charge is 2.24. The van der Waals surface area contributed by atoms with Crippen molar-refractivity contribution < 1.29 is 19.2 Å². The van der Waals surface area contributed by atoms with E-state index in [1.807, 2.05) is 4.90 Å². The van der Waals surface area contributed by atoms with Gasteiger partial charge in [-0.1, -0.05) is 0 Å². The number of nitro benzene ring substituents is 1. The number of nitro groups is 1. The average molecular weight is 403 g/mol. The molecule has 0 bridgehead atoms. The van der Waals surface area contributed by atoms with Gasteiger partial charge in [0.15, 0.2) is 0 Å². The van der Waals surface area contributed by atoms with Crippen molar-refractivity contribution in [1.82, 2.24) is 0 Å². The first-order valence-corrected chi connectivity index (χ1v) is 9.98. The molecule has 1 amide bonds. The summed E-state index contributed by atoms with van der Waals surface area (Å²) in [6, 6.07) is 6.06. The maximum absolute atomic E-state index is 12.6. The van der Waals surface area contributed by atoms with E-state index in [0.717, 1.165) is 32.4 Å². The Morgan fingerprint density at radius 2 is 2.00 bits per heavy atom. The van der Waals surface area contributed by atoms with Gasteiger partial charge in [0.25, 0.3) is 11.6 Å². The lowest BCUT2D eigenvalue weighted by Crippen LogP contribution is -2.30. The molecule has 1 N–H and O–H groups in total. The summed E-state index contributed by atoms with van der Waals surface area (Å²) in [6.07, 6.45) is 3.11. The Morgan fingerprint density at radius 1 is 1.25 bits per heavy atom. The summed E-state index contributed by atoms with van der Waals surface area (Å²) in [4.78, 5) is 37.6. The number of amides is 1. The van der Waals surface area contributed by atoms with Crippen LogP contribution in [0.15, 0.2) is 29.6 Å². The quantitative estimate of drug-likeness (QED) is 0.443.